The molecule has 1 rings (SSSR count). The molecular weight excluding hydrogens is 288 g/mol. The van der Waals surface area contributed by atoms with Gasteiger partial charge in [0.05, 0.1) is 6.10 Å². The minimum Gasteiger partial charge on any atom is -0.388 e. The number of aliphatic hydroxyl groups is 3. The Bertz CT molecular complexity index is 147. The van der Waals surface area contributed by atoms with Gasteiger partial charge in [0, 0.05) is 11.5 Å². The zero-order chi connectivity index (χ0) is 10.0. The lowest BCUT2D eigenvalue weighted by Crippen LogP contribution is -2.58. The topological polar surface area (TPSA) is 79.2 Å². The van der Waals surface area contributed by atoms with Gasteiger partial charge in [-0.3, -0.25) is 0 Å². The summed E-state index contributed by atoms with van der Waals surface area (Å²) in [5, 5.41) is 28.2. The monoisotopic (exact) mass is 301 g/mol. The third kappa shape index (κ3) is 2.31. The summed E-state index contributed by atoms with van der Waals surface area (Å²) in [7, 11) is 1.38. The van der Waals surface area contributed by atoms with E-state index in [0.717, 1.165) is 0 Å². The molecule has 0 radical (unpaired) electrons. The van der Waals surface area contributed by atoms with Crippen LogP contribution in [0.4, 0.5) is 0 Å². The summed E-state index contributed by atoms with van der Waals surface area (Å²) in [6, 6.07) is 0. The lowest BCUT2D eigenvalue weighted by Gasteiger charge is -2.39. The van der Waals surface area contributed by atoms with Gasteiger partial charge < -0.3 is 24.8 Å². The number of methoxy groups -OCH3 is 1. The van der Waals surface area contributed by atoms with Gasteiger partial charge in [-0.25, -0.2) is 0 Å². The first-order valence-electron chi connectivity index (χ1n) is 3.90. The molecule has 5 nitrogen and oxygen atoms in total. The molecule has 13 heavy (non-hydrogen) atoms. The number of hydrogen-bond acceptors (Lipinski definition) is 5. The van der Waals surface area contributed by atoms with Gasteiger partial charge in [-0.15, -0.1) is 0 Å². The molecule has 1 aliphatic heterocycles. The Morgan fingerprint density at radius 2 is 1.85 bits per heavy atom. The summed E-state index contributed by atoms with van der Waals surface area (Å²) >= 11 is 2.03. The second kappa shape index (κ2) is 4.85. The van der Waals surface area contributed by atoms with E-state index in [4.69, 9.17) is 9.47 Å². The first kappa shape index (κ1) is 11.6. The van der Waals surface area contributed by atoms with Crippen LogP contribution in [0.15, 0.2) is 0 Å². The third-order valence-corrected chi connectivity index (χ3v) is 2.92. The van der Waals surface area contributed by atoms with E-state index in [9.17, 15) is 15.3 Å². The van der Waals surface area contributed by atoms with Crippen LogP contribution < -0.4 is 0 Å². The maximum absolute atomic E-state index is 9.43. The van der Waals surface area contributed by atoms with Crippen molar-refractivity contribution in [3.05, 3.63) is 0 Å². The molecule has 1 aliphatic rings. The van der Waals surface area contributed by atoms with Crippen LogP contribution in [0.1, 0.15) is 0 Å². The highest BCUT2D eigenvalue weighted by Crippen LogP contribution is 2.22. The molecule has 0 aromatic carbocycles. The van der Waals surface area contributed by atoms with Crippen molar-refractivity contribution in [2.24, 2.45) is 0 Å². The second-order valence-corrected chi connectivity index (χ2v) is 3.79. The molecule has 78 valence electrons. The first-order chi connectivity index (χ1) is 6.11. The van der Waals surface area contributed by atoms with Crippen molar-refractivity contribution in [1.82, 2.24) is 0 Å². The molecule has 1 unspecified atom stereocenters. The molecule has 0 bridgehead atoms. The number of hydrogen-bond donors (Lipinski definition) is 3. The van der Waals surface area contributed by atoms with E-state index in [0.29, 0.717) is 4.43 Å². The normalized spacial score (nSPS) is 46.4. The van der Waals surface area contributed by atoms with Crippen LogP contribution in [-0.4, -0.2) is 57.6 Å². The van der Waals surface area contributed by atoms with Crippen molar-refractivity contribution < 1.29 is 24.8 Å². The summed E-state index contributed by atoms with van der Waals surface area (Å²) in [5.41, 5.74) is 0. The minimum atomic E-state index is -1.21. The van der Waals surface area contributed by atoms with Crippen LogP contribution in [0.25, 0.3) is 0 Å². The quantitative estimate of drug-likeness (QED) is 0.445. The lowest BCUT2D eigenvalue weighted by molar-refractivity contribution is -0.284. The van der Waals surface area contributed by atoms with E-state index in [1.54, 1.807) is 0 Å². The Balaban J connectivity index is 2.66. The summed E-state index contributed by atoms with van der Waals surface area (Å²) in [4.78, 5) is 0. The van der Waals surface area contributed by atoms with Gasteiger partial charge in [0.2, 0.25) is 0 Å². The van der Waals surface area contributed by atoms with E-state index in [2.05, 4.69) is 0 Å². The number of halogens is 1. The van der Waals surface area contributed by atoms with Gasteiger partial charge in [-0.1, -0.05) is 22.6 Å². The smallest absolute Gasteiger partial charge is 0.186 e. The number of aliphatic hydroxyl groups excluding tert-OH is 3. The molecule has 5 atom stereocenters. The highest BCUT2D eigenvalue weighted by atomic mass is 124. The van der Waals surface area contributed by atoms with Gasteiger partial charge in [0.15, 0.2) is 6.29 Å². The van der Waals surface area contributed by atoms with Gasteiger partial charge >= 0.3 is 0 Å². The molecule has 3 N–H and O–H groups in total. The molecular formula is C7H13IO5. The molecule has 0 amide bonds. The molecule has 1 fully saturated rings. The van der Waals surface area contributed by atoms with E-state index >= 15 is 0 Å². The summed E-state index contributed by atoms with van der Waals surface area (Å²) < 4.78 is 10.5. The van der Waals surface area contributed by atoms with Gasteiger partial charge in [0.25, 0.3) is 0 Å². The molecule has 0 saturated carbocycles. The van der Waals surface area contributed by atoms with E-state index in [1.807, 2.05) is 22.6 Å². The Kier molecular flexibility index (Phi) is 4.33. The predicted molar refractivity (Wildman–Crippen MR) is 52.6 cm³/mol. The number of ether oxygens (including phenoxy) is 2. The van der Waals surface area contributed by atoms with Crippen molar-refractivity contribution in [3.63, 3.8) is 0 Å². The molecule has 1 heterocycles. The van der Waals surface area contributed by atoms with Crippen molar-refractivity contribution >= 4 is 22.6 Å². The summed E-state index contributed by atoms with van der Waals surface area (Å²) in [6.07, 6.45) is -4.82. The van der Waals surface area contributed by atoms with E-state index < -0.39 is 30.7 Å². The fraction of sp³-hybridized carbons (Fsp3) is 1.00. The van der Waals surface area contributed by atoms with Gasteiger partial charge in [-0.2, -0.15) is 0 Å². The molecule has 1 saturated heterocycles. The van der Waals surface area contributed by atoms with Crippen LogP contribution in [0, 0.1) is 0 Å². The molecule has 0 aliphatic carbocycles. The fourth-order valence-corrected chi connectivity index (χ4v) is 1.97. The molecule has 0 aromatic rings. The number of alkyl halides is 1. The standard InChI is InChI=1S/C7H13IO5/c1-12-7-6(11)5(10)4(9)3(2-8)13-7/h3-7,9-11H,2H2,1H3/t3-,4+,5+,6-,7?/m1/s1/i8-3. The van der Waals surface area contributed by atoms with E-state index in [-0.39, 0.29) is 0 Å². The maximum atomic E-state index is 9.43. The van der Waals surface area contributed by atoms with Crippen LogP contribution in [0.5, 0.6) is 0 Å². The van der Waals surface area contributed by atoms with Crippen molar-refractivity contribution in [2.45, 2.75) is 30.7 Å². The van der Waals surface area contributed by atoms with Gasteiger partial charge in [0.1, 0.15) is 18.3 Å². The minimum absolute atomic E-state index is 0.496. The Morgan fingerprint density at radius 3 is 2.31 bits per heavy atom. The lowest BCUT2D eigenvalue weighted by atomic mass is 10.0. The zero-order valence-corrected chi connectivity index (χ0v) is 9.29. The SMILES string of the molecule is COC1O[C@H](C[124I])[C@H](O)[C@H](O)[C@H]1O. The van der Waals surface area contributed by atoms with Crippen molar-refractivity contribution in [1.29, 1.82) is 0 Å². The summed E-state index contributed by atoms with van der Waals surface area (Å²) in [6.45, 7) is 0. The summed E-state index contributed by atoms with van der Waals surface area (Å²) in [5.74, 6) is 0. The second-order valence-electron chi connectivity index (χ2n) is 2.90. The first-order valence-corrected chi connectivity index (χ1v) is 5.42. The average Bonchev–Trinajstić information content (AvgIpc) is 2.15. The van der Waals surface area contributed by atoms with Crippen molar-refractivity contribution in [2.75, 3.05) is 11.5 Å². The highest BCUT2D eigenvalue weighted by molar-refractivity contribution is 14.1. The van der Waals surface area contributed by atoms with Crippen molar-refractivity contribution in [3.8, 4) is 0 Å². The highest BCUT2D eigenvalue weighted by Gasteiger charge is 2.43. The van der Waals surface area contributed by atoms with Crippen LogP contribution in [0.3, 0.4) is 0 Å². The third-order valence-electron chi connectivity index (χ3n) is 2.05. The average molecular weight is 301 g/mol. The number of rotatable bonds is 2. The molecule has 0 aromatic heterocycles. The Labute approximate surface area is 89.8 Å². The Hall–Kier alpha value is 0.530. The molecule has 6 heteroatoms. The van der Waals surface area contributed by atoms with E-state index in [1.165, 1.54) is 7.11 Å². The molecule has 0 spiro atoms. The fourth-order valence-electron chi connectivity index (χ4n) is 1.24. The largest absolute Gasteiger partial charge is 0.388 e. The van der Waals surface area contributed by atoms with Crippen LogP contribution >= 0.6 is 22.6 Å². The predicted octanol–water partition coefficient (Wildman–Crippen LogP) is -1.12. The van der Waals surface area contributed by atoms with Gasteiger partial charge in [-0.05, 0) is 0 Å². The van der Waals surface area contributed by atoms with Crippen LogP contribution in [0.2, 0.25) is 0 Å². The zero-order valence-electron chi connectivity index (χ0n) is 7.13. The Morgan fingerprint density at radius 1 is 1.23 bits per heavy atom. The van der Waals surface area contributed by atoms with Crippen LogP contribution in [-0.2, 0) is 9.47 Å². The maximum Gasteiger partial charge on any atom is 0.186 e.